The molecule has 0 spiro atoms. The zero-order valence-corrected chi connectivity index (χ0v) is 11.5. The Morgan fingerprint density at radius 2 is 1.88 bits per heavy atom. The van der Waals surface area contributed by atoms with Gasteiger partial charge in [-0.3, -0.25) is 4.79 Å². The van der Waals surface area contributed by atoms with E-state index in [1.54, 1.807) is 0 Å². The van der Waals surface area contributed by atoms with Crippen LogP contribution in [0.5, 0.6) is 0 Å². The molecule has 3 heteroatoms. The van der Waals surface area contributed by atoms with Crippen LogP contribution in [-0.4, -0.2) is 37.0 Å². The molecule has 0 aromatic carbocycles. The first-order valence-corrected chi connectivity index (χ1v) is 6.97. The van der Waals surface area contributed by atoms with E-state index in [-0.39, 0.29) is 5.92 Å². The highest BCUT2D eigenvalue weighted by atomic mass is 16.2. The van der Waals surface area contributed by atoms with Gasteiger partial charge in [-0.1, -0.05) is 20.8 Å². The number of likely N-dealkylation sites (tertiary alicyclic amines) is 1. The van der Waals surface area contributed by atoms with Gasteiger partial charge in [-0.2, -0.15) is 0 Å². The number of hydrogen-bond acceptors (Lipinski definition) is 2. The highest BCUT2D eigenvalue weighted by molar-refractivity contribution is 5.79. The molecule has 2 unspecified atom stereocenters. The van der Waals surface area contributed by atoms with Gasteiger partial charge in [0.15, 0.2) is 0 Å². The van der Waals surface area contributed by atoms with Crippen molar-refractivity contribution in [3.63, 3.8) is 0 Å². The number of rotatable bonds is 1. The van der Waals surface area contributed by atoms with Gasteiger partial charge in [0.25, 0.3) is 0 Å². The third-order valence-electron chi connectivity index (χ3n) is 4.35. The molecule has 2 aliphatic rings. The van der Waals surface area contributed by atoms with Crippen LogP contribution in [0.25, 0.3) is 0 Å². The first-order valence-electron chi connectivity index (χ1n) is 6.97. The molecular weight excluding hydrogens is 212 g/mol. The number of nitrogens with zero attached hydrogens (tertiary/aromatic N) is 1. The molecule has 17 heavy (non-hydrogen) atoms. The molecule has 0 bridgehead atoms. The molecule has 2 fully saturated rings. The van der Waals surface area contributed by atoms with Crippen molar-refractivity contribution in [2.24, 2.45) is 17.3 Å². The smallest absolute Gasteiger partial charge is 0.226 e. The lowest BCUT2D eigenvalue weighted by atomic mass is 9.82. The maximum atomic E-state index is 12.4. The van der Waals surface area contributed by atoms with Crippen molar-refractivity contribution in [3.05, 3.63) is 0 Å². The lowest BCUT2D eigenvalue weighted by molar-refractivity contribution is -0.138. The highest BCUT2D eigenvalue weighted by Gasteiger charge is 2.32. The molecule has 0 saturated carbocycles. The number of piperidine rings is 2. The molecule has 3 nitrogen and oxygen atoms in total. The van der Waals surface area contributed by atoms with Crippen molar-refractivity contribution >= 4 is 5.91 Å². The van der Waals surface area contributed by atoms with E-state index in [4.69, 9.17) is 0 Å². The van der Waals surface area contributed by atoms with Crippen LogP contribution in [0.15, 0.2) is 0 Å². The van der Waals surface area contributed by atoms with Crippen LogP contribution in [0.1, 0.15) is 40.0 Å². The summed E-state index contributed by atoms with van der Waals surface area (Å²) in [6.07, 6.45) is 3.36. The number of carbonyl (C=O) groups excluding carboxylic acids is 1. The van der Waals surface area contributed by atoms with Gasteiger partial charge < -0.3 is 10.2 Å². The number of nitrogens with one attached hydrogen (secondary N) is 1. The Kier molecular flexibility index (Phi) is 3.76. The van der Waals surface area contributed by atoms with Crippen LogP contribution in [0.4, 0.5) is 0 Å². The zero-order valence-electron chi connectivity index (χ0n) is 11.5. The Bertz CT molecular complexity index is 278. The van der Waals surface area contributed by atoms with Gasteiger partial charge in [0.2, 0.25) is 5.91 Å². The molecule has 0 aromatic rings. The summed E-state index contributed by atoms with van der Waals surface area (Å²) in [4.78, 5) is 14.5. The quantitative estimate of drug-likeness (QED) is 0.756. The molecular formula is C14H26N2O. The number of amides is 1. The van der Waals surface area contributed by atoms with Crippen LogP contribution in [0, 0.1) is 17.3 Å². The minimum Gasteiger partial charge on any atom is -0.342 e. The summed E-state index contributed by atoms with van der Waals surface area (Å²) in [6, 6.07) is 0. The Balaban J connectivity index is 1.88. The topological polar surface area (TPSA) is 32.3 Å². The predicted molar refractivity (Wildman–Crippen MR) is 69.7 cm³/mol. The van der Waals surface area contributed by atoms with Crippen molar-refractivity contribution in [2.75, 3.05) is 26.2 Å². The summed E-state index contributed by atoms with van der Waals surface area (Å²) in [5.41, 5.74) is 0.425. The SMILES string of the molecule is CC1CNCC(C(=O)N2CCC(C)(C)CC2)C1. The number of hydrogen-bond donors (Lipinski definition) is 1. The van der Waals surface area contributed by atoms with Gasteiger partial charge in [0.05, 0.1) is 5.92 Å². The average molecular weight is 238 g/mol. The summed E-state index contributed by atoms with van der Waals surface area (Å²) in [6.45, 7) is 10.7. The maximum Gasteiger partial charge on any atom is 0.226 e. The van der Waals surface area contributed by atoms with Crippen molar-refractivity contribution in [1.82, 2.24) is 10.2 Å². The molecule has 2 atom stereocenters. The lowest BCUT2D eigenvalue weighted by Gasteiger charge is -2.39. The monoisotopic (exact) mass is 238 g/mol. The molecule has 1 amide bonds. The summed E-state index contributed by atoms with van der Waals surface area (Å²) in [5.74, 6) is 1.25. The van der Waals surface area contributed by atoms with Crippen LogP contribution >= 0.6 is 0 Å². The van der Waals surface area contributed by atoms with Crippen molar-refractivity contribution in [2.45, 2.75) is 40.0 Å². The maximum absolute atomic E-state index is 12.4. The van der Waals surface area contributed by atoms with Gasteiger partial charge in [-0.05, 0) is 37.1 Å². The van der Waals surface area contributed by atoms with Gasteiger partial charge in [0.1, 0.15) is 0 Å². The van der Waals surface area contributed by atoms with Gasteiger partial charge in [0, 0.05) is 19.6 Å². The third kappa shape index (κ3) is 3.21. The third-order valence-corrected chi connectivity index (χ3v) is 4.35. The predicted octanol–water partition coefficient (Wildman–Crippen LogP) is 1.88. The van der Waals surface area contributed by atoms with Crippen LogP contribution in [0.3, 0.4) is 0 Å². The Morgan fingerprint density at radius 3 is 2.47 bits per heavy atom. The van der Waals surface area contributed by atoms with Gasteiger partial charge >= 0.3 is 0 Å². The largest absolute Gasteiger partial charge is 0.342 e. The molecule has 1 N–H and O–H groups in total. The summed E-state index contributed by atoms with van der Waals surface area (Å²) >= 11 is 0. The second-order valence-corrected chi connectivity index (χ2v) is 6.69. The fraction of sp³-hybridized carbons (Fsp3) is 0.929. The minimum atomic E-state index is 0.222. The fourth-order valence-corrected chi connectivity index (χ4v) is 2.94. The van der Waals surface area contributed by atoms with E-state index in [9.17, 15) is 4.79 Å². The Hall–Kier alpha value is -0.570. The van der Waals surface area contributed by atoms with Crippen molar-refractivity contribution in [1.29, 1.82) is 0 Å². The first kappa shape index (κ1) is 12.9. The molecule has 2 saturated heterocycles. The van der Waals surface area contributed by atoms with E-state index in [0.717, 1.165) is 45.4 Å². The molecule has 2 heterocycles. The van der Waals surface area contributed by atoms with Gasteiger partial charge in [-0.25, -0.2) is 0 Å². The Labute approximate surface area is 105 Å². The molecule has 0 aromatic heterocycles. The number of carbonyl (C=O) groups is 1. The molecule has 98 valence electrons. The van der Waals surface area contributed by atoms with E-state index in [0.29, 0.717) is 17.2 Å². The van der Waals surface area contributed by atoms with Gasteiger partial charge in [-0.15, -0.1) is 0 Å². The molecule has 0 aliphatic carbocycles. The summed E-state index contributed by atoms with van der Waals surface area (Å²) in [7, 11) is 0. The van der Waals surface area contributed by atoms with Crippen molar-refractivity contribution in [3.8, 4) is 0 Å². The molecule has 2 rings (SSSR count). The second kappa shape index (κ2) is 4.97. The van der Waals surface area contributed by atoms with E-state index in [2.05, 4.69) is 31.0 Å². The highest BCUT2D eigenvalue weighted by Crippen LogP contribution is 2.31. The van der Waals surface area contributed by atoms with E-state index in [1.807, 2.05) is 0 Å². The zero-order chi connectivity index (χ0) is 12.5. The minimum absolute atomic E-state index is 0.222. The van der Waals surface area contributed by atoms with Crippen LogP contribution in [0.2, 0.25) is 0 Å². The first-order chi connectivity index (χ1) is 7.98. The van der Waals surface area contributed by atoms with E-state index >= 15 is 0 Å². The summed E-state index contributed by atoms with van der Waals surface area (Å²) in [5, 5.41) is 3.37. The van der Waals surface area contributed by atoms with E-state index < -0.39 is 0 Å². The molecule has 2 aliphatic heterocycles. The fourth-order valence-electron chi connectivity index (χ4n) is 2.94. The lowest BCUT2D eigenvalue weighted by Crippen LogP contribution is -2.48. The Morgan fingerprint density at radius 1 is 1.24 bits per heavy atom. The molecule has 0 radical (unpaired) electrons. The second-order valence-electron chi connectivity index (χ2n) is 6.69. The van der Waals surface area contributed by atoms with Crippen LogP contribution in [-0.2, 0) is 4.79 Å². The summed E-state index contributed by atoms with van der Waals surface area (Å²) < 4.78 is 0. The standard InChI is InChI=1S/C14H26N2O/c1-11-8-12(10-15-9-11)13(17)16-6-4-14(2,3)5-7-16/h11-12,15H,4-10H2,1-3H3. The average Bonchev–Trinajstić information content (AvgIpc) is 2.28. The van der Waals surface area contributed by atoms with Crippen LogP contribution < -0.4 is 5.32 Å². The van der Waals surface area contributed by atoms with E-state index in [1.165, 1.54) is 0 Å². The van der Waals surface area contributed by atoms with Crippen molar-refractivity contribution < 1.29 is 4.79 Å². The normalized spacial score (nSPS) is 33.5.